The van der Waals surface area contributed by atoms with Gasteiger partial charge in [-0.3, -0.25) is 9.59 Å². The topological polar surface area (TPSA) is 83.8 Å². The smallest absolute Gasteiger partial charge is 0.311 e. The molecule has 216 valence electrons. The lowest BCUT2D eigenvalue weighted by molar-refractivity contribution is -0.145. The Morgan fingerprint density at radius 3 is 1.92 bits per heavy atom. The molecule has 0 amide bonds. The van der Waals surface area contributed by atoms with Crippen LogP contribution in [0.2, 0.25) is 0 Å². The predicted molar refractivity (Wildman–Crippen MR) is 155 cm³/mol. The van der Waals surface area contributed by atoms with Gasteiger partial charge in [0.15, 0.2) is 0 Å². The molecule has 0 aromatic heterocycles. The second kappa shape index (κ2) is 14.4. The van der Waals surface area contributed by atoms with Gasteiger partial charge in [-0.25, -0.2) is 0 Å². The van der Waals surface area contributed by atoms with Crippen molar-refractivity contribution in [2.45, 2.75) is 144 Å². The highest BCUT2D eigenvalue weighted by molar-refractivity contribution is 5.84. The molecule has 0 aliphatic carbocycles. The Bertz CT molecular complexity index is 949. The van der Waals surface area contributed by atoms with Crippen LogP contribution in [0.4, 0.5) is 0 Å². The number of carboxylic acids is 2. The van der Waals surface area contributed by atoms with Crippen molar-refractivity contribution in [3.05, 3.63) is 27.8 Å². The minimum Gasteiger partial charge on any atom is -0.487 e. The van der Waals surface area contributed by atoms with Crippen LogP contribution in [0.5, 0.6) is 5.75 Å². The molecule has 2 rings (SSSR count). The van der Waals surface area contributed by atoms with Crippen LogP contribution < -0.4 is 4.74 Å². The summed E-state index contributed by atoms with van der Waals surface area (Å²) in [7, 11) is 0. The number of rotatable bonds is 16. The first-order valence-corrected chi connectivity index (χ1v) is 15.0. The van der Waals surface area contributed by atoms with Crippen molar-refractivity contribution >= 4 is 11.9 Å². The summed E-state index contributed by atoms with van der Waals surface area (Å²) in [6.45, 7) is 17.4. The first-order valence-electron chi connectivity index (χ1n) is 15.0. The zero-order chi connectivity index (χ0) is 28.6. The maximum atomic E-state index is 12.0. The Hall–Kier alpha value is -2.04. The van der Waals surface area contributed by atoms with E-state index in [1.54, 1.807) is 0 Å². The Balaban J connectivity index is 1.95. The molecule has 1 heterocycles. The maximum Gasteiger partial charge on any atom is 0.311 e. The molecular formula is C33H54O5. The molecule has 0 radical (unpaired) electrons. The number of hydrogen-bond acceptors (Lipinski definition) is 3. The van der Waals surface area contributed by atoms with Crippen LogP contribution in [0.25, 0.3) is 0 Å². The van der Waals surface area contributed by atoms with Crippen molar-refractivity contribution in [2.24, 2.45) is 17.8 Å². The molecular weight excluding hydrogens is 476 g/mol. The summed E-state index contributed by atoms with van der Waals surface area (Å²) < 4.78 is 6.67. The molecule has 4 atom stereocenters. The highest BCUT2D eigenvalue weighted by atomic mass is 16.5. The van der Waals surface area contributed by atoms with Crippen LogP contribution in [-0.2, 0) is 16.0 Å². The van der Waals surface area contributed by atoms with Gasteiger partial charge in [-0.05, 0) is 98.9 Å². The van der Waals surface area contributed by atoms with Gasteiger partial charge < -0.3 is 14.9 Å². The van der Waals surface area contributed by atoms with Gasteiger partial charge in [-0.15, -0.1) is 0 Å². The summed E-state index contributed by atoms with van der Waals surface area (Å²) in [5.74, 6) is 0.0310. The van der Waals surface area contributed by atoms with Gasteiger partial charge in [0.1, 0.15) is 11.4 Å². The molecule has 0 bridgehead atoms. The van der Waals surface area contributed by atoms with E-state index < -0.39 is 24.3 Å². The van der Waals surface area contributed by atoms with Crippen LogP contribution in [0, 0.1) is 38.5 Å². The SMILES string of the molecule is Cc1c(C)c(C(CC(=O)O)C(=O)O)c(C)c2c1O[C@](C)(CCC[C@H](C)CCC[C@H](C)CCCC(C)C)CC2. The van der Waals surface area contributed by atoms with Crippen LogP contribution in [0.3, 0.4) is 0 Å². The van der Waals surface area contributed by atoms with Crippen molar-refractivity contribution in [3.8, 4) is 5.75 Å². The Morgan fingerprint density at radius 1 is 0.842 bits per heavy atom. The quantitative estimate of drug-likeness (QED) is 0.223. The van der Waals surface area contributed by atoms with Crippen molar-refractivity contribution < 1.29 is 24.5 Å². The second-order valence-electron chi connectivity index (χ2n) is 13.0. The van der Waals surface area contributed by atoms with E-state index in [0.717, 1.165) is 71.4 Å². The molecule has 0 saturated heterocycles. The highest BCUT2D eigenvalue weighted by Crippen LogP contribution is 2.44. The molecule has 1 aromatic carbocycles. The molecule has 0 saturated carbocycles. The lowest BCUT2D eigenvalue weighted by Gasteiger charge is -2.39. The van der Waals surface area contributed by atoms with Crippen LogP contribution >= 0.6 is 0 Å². The fraction of sp³-hybridized carbons (Fsp3) is 0.758. The molecule has 5 heteroatoms. The van der Waals surface area contributed by atoms with Gasteiger partial charge in [0.25, 0.3) is 0 Å². The summed E-state index contributed by atoms with van der Waals surface area (Å²) in [6.07, 6.45) is 12.7. The minimum atomic E-state index is -1.10. The van der Waals surface area contributed by atoms with Gasteiger partial charge in [0, 0.05) is 0 Å². The summed E-state index contributed by atoms with van der Waals surface area (Å²) in [5, 5.41) is 19.1. The van der Waals surface area contributed by atoms with E-state index in [1.165, 1.54) is 44.9 Å². The van der Waals surface area contributed by atoms with E-state index in [1.807, 2.05) is 20.8 Å². The Morgan fingerprint density at radius 2 is 1.39 bits per heavy atom. The van der Waals surface area contributed by atoms with Gasteiger partial charge in [0.2, 0.25) is 0 Å². The van der Waals surface area contributed by atoms with Crippen LogP contribution in [0.15, 0.2) is 0 Å². The van der Waals surface area contributed by atoms with Crippen molar-refractivity contribution in [3.63, 3.8) is 0 Å². The van der Waals surface area contributed by atoms with Gasteiger partial charge >= 0.3 is 11.9 Å². The van der Waals surface area contributed by atoms with Crippen LogP contribution in [-0.4, -0.2) is 27.8 Å². The molecule has 1 aliphatic rings. The predicted octanol–water partition coefficient (Wildman–Crippen LogP) is 8.78. The largest absolute Gasteiger partial charge is 0.487 e. The van der Waals surface area contributed by atoms with Crippen molar-refractivity contribution in [1.29, 1.82) is 0 Å². The van der Waals surface area contributed by atoms with Crippen molar-refractivity contribution in [2.75, 3.05) is 0 Å². The maximum absolute atomic E-state index is 12.0. The average molecular weight is 531 g/mol. The first-order chi connectivity index (χ1) is 17.8. The number of benzene rings is 1. The second-order valence-corrected chi connectivity index (χ2v) is 13.0. The zero-order valence-corrected chi connectivity index (χ0v) is 25.4. The summed E-state index contributed by atoms with van der Waals surface area (Å²) in [4.78, 5) is 23.3. The highest BCUT2D eigenvalue weighted by Gasteiger charge is 2.36. The fourth-order valence-electron chi connectivity index (χ4n) is 6.33. The average Bonchev–Trinajstić information content (AvgIpc) is 2.81. The number of carboxylic acid groups (broad SMARTS) is 2. The number of ether oxygens (including phenoxy) is 1. The molecule has 1 unspecified atom stereocenters. The Kier molecular flexibility index (Phi) is 12.2. The molecule has 1 aromatic rings. The normalized spacial score (nSPS) is 19.5. The third-order valence-electron chi connectivity index (χ3n) is 8.99. The van der Waals surface area contributed by atoms with Gasteiger partial charge in [0.05, 0.1) is 12.3 Å². The first kappa shape index (κ1) is 32.2. The third-order valence-corrected chi connectivity index (χ3v) is 8.99. The lowest BCUT2D eigenvalue weighted by atomic mass is 9.79. The van der Waals surface area contributed by atoms with E-state index in [0.29, 0.717) is 5.56 Å². The summed E-state index contributed by atoms with van der Waals surface area (Å²) >= 11 is 0. The van der Waals surface area contributed by atoms with Gasteiger partial charge in [-0.1, -0.05) is 72.6 Å². The molecule has 38 heavy (non-hydrogen) atoms. The summed E-state index contributed by atoms with van der Waals surface area (Å²) in [6, 6.07) is 0. The monoisotopic (exact) mass is 530 g/mol. The number of fused-ring (bicyclic) bond motifs is 1. The van der Waals surface area contributed by atoms with Gasteiger partial charge in [-0.2, -0.15) is 0 Å². The molecule has 0 fully saturated rings. The van der Waals surface area contributed by atoms with E-state index in [9.17, 15) is 19.8 Å². The lowest BCUT2D eigenvalue weighted by Crippen LogP contribution is -2.37. The van der Waals surface area contributed by atoms with Crippen LogP contribution in [0.1, 0.15) is 139 Å². The standard InChI is InChI=1S/C33H54O5/c1-21(2)12-9-13-22(3)14-10-15-23(4)16-11-18-33(8)19-17-27-26(7)30(24(5)25(6)31(27)38-33)28(32(36)37)20-29(34)35/h21-23,28H,9-20H2,1-8H3,(H,34,35)(H,36,37)/t22-,23-,28?,33-/m1/s1. The summed E-state index contributed by atoms with van der Waals surface area (Å²) in [5.41, 5.74) is 4.13. The number of aliphatic carboxylic acids is 2. The number of carbonyl (C=O) groups is 2. The fourth-order valence-corrected chi connectivity index (χ4v) is 6.33. The van der Waals surface area contributed by atoms with Crippen molar-refractivity contribution in [1.82, 2.24) is 0 Å². The third kappa shape index (κ3) is 9.02. The van der Waals surface area contributed by atoms with E-state index in [2.05, 4.69) is 34.6 Å². The zero-order valence-electron chi connectivity index (χ0n) is 25.4. The minimum absolute atomic E-state index is 0.226. The van der Waals surface area contributed by atoms with E-state index >= 15 is 0 Å². The Labute approximate surface area is 231 Å². The van der Waals surface area contributed by atoms with E-state index in [-0.39, 0.29) is 5.60 Å². The molecule has 1 aliphatic heterocycles. The number of hydrogen-bond donors (Lipinski definition) is 2. The molecule has 2 N–H and O–H groups in total. The molecule has 0 spiro atoms. The van der Waals surface area contributed by atoms with E-state index in [4.69, 9.17) is 4.74 Å². The molecule has 5 nitrogen and oxygen atoms in total.